The van der Waals surface area contributed by atoms with Crippen LogP contribution in [0.25, 0.3) is 0 Å². The van der Waals surface area contributed by atoms with Crippen molar-refractivity contribution in [2.75, 3.05) is 13.1 Å². The van der Waals surface area contributed by atoms with Crippen molar-refractivity contribution < 1.29 is 0 Å². The molecule has 0 bridgehead atoms. The monoisotopic (exact) mass is 224 g/mol. The SMILES string of the molecule is N[C@@H](c1cccc(Cl)c1)C1CCNCC1. The van der Waals surface area contributed by atoms with Gasteiger partial charge in [-0.15, -0.1) is 0 Å². The predicted molar refractivity (Wildman–Crippen MR) is 64.0 cm³/mol. The lowest BCUT2D eigenvalue weighted by molar-refractivity contribution is 0.322. The van der Waals surface area contributed by atoms with Crippen LogP contribution in [-0.4, -0.2) is 13.1 Å². The van der Waals surface area contributed by atoms with Gasteiger partial charge in [0.15, 0.2) is 0 Å². The molecule has 0 amide bonds. The van der Waals surface area contributed by atoms with Crippen LogP contribution >= 0.6 is 11.6 Å². The third kappa shape index (κ3) is 2.71. The number of rotatable bonds is 2. The standard InChI is InChI=1S/C12H17ClN2/c13-11-3-1-2-10(8-11)12(14)9-4-6-15-7-5-9/h1-3,8-9,12,15H,4-7,14H2/t12-/m1/s1. The smallest absolute Gasteiger partial charge is 0.0409 e. The summed E-state index contributed by atoms with van der Waals surface area (Å²) in [6.45, 7) is 2.16. The Morgan fingerprint density at radius 3 is 2.73 bits per heavy atom. The van der Waals surface area contributed by atoms with Crippen molar-refractivity contribution in [3.05, 3.63) is 34.9 Å². The van der Waals surface area contributed by atoms with Gasteiger partial charge in [-0.3, -0.25) is 0 Å². The van der Waals surface area contributed by atoms with Crippen LogP contribution in [0.15, 0.2) is 24.3 Å². The second-order valence-electron chi connectivity index (χ2n) is 4.17. The van der Waals surface area contributed by atoms with Crippen molar-refractivity contribution in [1.82, 2.24) is 5.32 Å². The van der Waals surface area contributed by atoms with Crippen LogP contribution < -0.4 is 11.1 Å². The Bertz CT molecular complexity index is 321. The van der Waals surface area contributed by atoms with E-state index in [0.717, 1.165) is 36.5 Å². The van der Waals surface area contributed by atoms with Gasteiger partial charge in [0.1, 0.15) is 0 Å². The number of nitrogens with two attached hydrogens (primary N) is 1. The molecule has 3 heteroatoms. The van der Waals surface area contributed by atoms with Crippen LogP contribution in [-0.2, 0) is 0 Å². The Balaban J connectivity index is 2.08. The summed E-state index contributed by atoms with van der Waals surface area (Å²) in [5.74, 6) is 0.588. The molecule has 2 rings (SSSR count). The first-order valence-corrected chi connectivity index (χ1v) is 5.87. The topological polar surface area (TPSA) is 38.0 Å². The van der Waals surface area contributed by atoms with E-state index in [1.807, 2.05) is 18.2 Å². The van der Waals surface area contributed by atoms with Crippen LogP contribution in [0.2, 0.25) is 5.02 Å². The van der Waals surface area contributed by atoms with Crippen molar-refractivity contribution in [2.45, 2.75) is 18.9 Å². The van der Waals surface area contributed by atoms with Crippen LogP contribution in [0.3, 0.4) is 0 Å². The van der Waals surface area contributed by atoms with Crippen molar-refractivity contribution in [2.24, 2.45) is 11.7 Å². The number of halogens is 1. The Morgan fingerprint density at radius 1 is 1.33 bits per heavy atom. The number of piperidine rings is 1. The van der Waals surface area contributed by atoms with Crippen LogP contribution in [0.5, 0.6) is 0 Å². The maximum atomic E-state index is 6.25. The summed E-state index contributed by atoms with van der Waals surface area (Å²) >= 11 is 5.96. The largest absolute Gasteiger partial charge is 0.324 e. The molecule has 82 valence electrons. The minimum Gasteiger partial charge on any atom is -0.324 e. The molecule has 0 aliphatic carbocycles. The summed E-state index contributed by atoms with van der Waals surface area (Å²) in [5.41, 5.74) is 7.41. The fourth-order valence-electron chi connectivity index (χ4n) is 2.19. The average molecular weight is 225 g/mol. The fraction of sp³-hybridized carbons (Fsp3) is 0.500. The van der Waals surface area contributed by atoms with Gasteiger partial charge in [-0.05, 0) is 49.5 Å². The summed E-state index contributed by atoms with van der Waals surface area (Å²) in [7, 11) is 0. The molecule has 1 aliphatic rings. The quantitative estimate of drug-likeness (QED) is 0.810. The number of benzene rings is 1. The van der Waals surface area contributed by atoms with Crippen LogP contribution in [0.1, 0.15) is 24.4 Å². The second-order valence-corrected chi connectivity index (χ2v) is 4.60. The molecule has 1 aromatic carbocycles. The Hall–Kier alpha value is -0.570. The van der Waals surface area contributed by atoms with Gasteiger partial charge in [-0.25, -0.2) is 0 Å². The summed E-state index contributed by atoms with van der Waals surface area (Å²) in [6.07, 6.45) is 2.32. The van der Waals surface area contributed by atoms with E-state index in [9.17, 15) is 0 Å². The van der Waals surface area contributed by atoms with E-state index >= 15 is 0 Å². The van der Waals surface area contributed by atoms with Gasteiger partial charge in [0.25, 0.3) is 0 Å². The molecule has 0 radical (unpaired) electrons. The van der Waals surface area contributed by atoms with Gasteiger partial charge >= 0.3 is 0 Å². The number of hydrogen-bond donors (Lipinski definition) is 2. The molecule has 2 nitrogen and oxygen atoms in total. The molecule has 1 fully saturated rings. The zero-order chi connectivity index (χ0) is 10.7. The number of hydrogen-bond acceptors (Lipinski definition) is 2. The molecule has 1 atom stereocenters. The Kier molecular flexibility index (Phi) is 3.62. The van der Waals surface area contributed by atoms with E-state index in [0.29, 0.717) is 5.92 Å². The van der Waals surface area contributed by atoms with Gasteiger partial charge in [0.2, 0.25) is 0 Å². The molecular formula is C12H17ClN2. The average Bonchev–Trinajstić information content (AvgIpc) is 2.29. The minimum absolute atomic E-state index is 0.130. The molecule has 1 saturated heterocycles. The van der Waals surface area contributed by atoms with Crippen LogP contribution in [0, 0.1) is 5.92 Å². The summed E-state index contributed by atoms with van der Waals surface area (Å²) in [5, 5.41) is 4.13. The second kappa shape index (κ2) is 4.97. The lowest BCUT2D eigenvalue weighted by Gasteiger charge is -2.28. The zero-order valence-corrected chi connectivity index (χ0v) is 9.50. The van der Waals surface area contributed by atoms with Crippen molar-refractivity contribution in [3.8, 4) is 0 Å². The molecule has 1 aliphatic heterocycles. The van der Waals surface area contributed by atoms with E-state index in [-0.39, 0.29) is 6.04 Å². The number of nitrogens with one attached hydrogen (secondary N) is 1. The van der Waals surface area contributed by atoms with Gasteiger partial charge in [0.05, 0.1) is 0 Å². The summed E-state index contributed by atoms with van der Waals surface area (Å²) in [4.78, 5) is 0. The maximum Gasteiger partial charge on any atom is 0.0409 e. The molecule has 0 saturated carbocycles. The highest BCUT2D eigenvalue weighted by atomic mass is 35.5. The van der Waals surface area contributed by atoms with Crippen molar-refractivity contribution in [1.29, 1.82) is 0 Å². The Morgan fingerprint density at radius 2 is 2.07 bits per heavy atom. The molecule has 15 heavy (non-hydrogen) atoms. The molecule has 3 N–H and O–H groups in total. The molecule has 0 unspecified atom stereocenters. The molecule has 1 heterocycles. The first-order chi connectivity index (χ1) is 7.27. The molecule has 1 aromatic rings. The minimum atomic E-state index is 0.130. The molecular weight excluding hydrogens is 208 g/mol. The summed E-state index contributed by atoms with van der Waals surface area (Å²) < 4.78 is 0. The molecule has 0 aromatic heterocycles. The normalized spacial score (nSPS) is 20.1. The van der Waals surface area contributed by atoms with E-state index in [1.54, 1.807) is 0 Å². The highest BCUT2D eigenvalue weighted by molar-refractivity contribution is 6.30. The lowest BCUT2D eigenvalue weighted by Crippen LogP contribution is -2.33. The predicted octanol–water partition coefficient (Wildman–Crippen LogP) is 2.34. The lowest BCUT2D eigenvalue weighted by atomic mass is 9.87. The molecule has 0 spiro atoms. The summed E-state index contributed by atoms with van der Waals surface area (Å²) in [6, 6.07) is 8.04. The maximum absolute atomic E-state index is 6.25. The van der Waals surface area contributed by atoms with E-state index in [4.69, 9.17) is 17.3 Å². The van der Waals surface area contributed by atoms with Crippen molar-refractivity contribution >= 4 is 11.6 Å². The van der Waals surface area contributed by atoms with E-state index in [1.165, 1.54) is 0 Å². The van der Waals surface area contributed by atoms with E-state index in [2.05, 4.69) is 11.4 Å². The highest BCUT2D eigenvalue weighted by Crippen LogP contribution is 2.27. The third-order valence-electron chi connectivity index (χ3n) is 3.13. The van der Waals surface area contributed by atoms with Gasteiger partial charge in [-0.1, -0.05) is 23.7 Å². The van der Waals surface area contributed by atoms with Crippen LogP contribution in [0.4, 0.5) is 0 Å². The first kappa shape index (κ1) is 10.9. The first-order valence-electron chi connectivity index (χ1n) is 5.49. The van der Waals surface area contributed by atoms with Crippen molar-refractivity contribution in [3.63, 3.8) is 0 Å². The Labute approximate surface area is 95.8 Å². The van der Waals surface area contributed by atoms with Gasteiger partial charge in [0, 0.05) is 11.1 Å². The fourth-order valence-corrected chi connectivity index (χ4v) is 2.39. The van der Waals surface area contributed by atoms with Gasteiger partial charge in [-0.2, -0.15) is 0 Å². The van der Waals surface area contributed by atoms with Gasteiger partial charge < -0.3 is 11.1 Å². The van der Waals surface area contributed by atoms with E-state index < -0.39 is 0 Å². The zero-order valence-electron chi connectivity index (χ0n) is 8.75. The highest BCUT2D eigenvalue weighted by Gasteiger charge is 2.21. The third-order valence-corrected chi connectivity index (χ3v) is 3.36.